The molecule has 0 spiro atoms. The van der Waals surface area contributed by atoms with E-state index in [2.05, 4.69) is 125 Å². The number of aromatic nitrogens is 9. The lowest BCUT2D eigenvalue weighted by Crippen LogP contribution is -2.44. The highest BCUT2D eigenvalue weighted by molar-refractivity contribution is 7.70. The molecule has 0 atom stereocenters. The molecule has 0 bridgehead atoms. The maximum Gasteiger partial charge on any atom is 0.271 e. The molecule has 0 saturated heterocycles. The van der Waals surface area contributed by atoms with Crippen LogP contribution in [0, 0.1) is 0 Å². The number of hydrogen-bond acceptors (Lipinski definition) is 28. The average molecular weight is 1990 g/mol. The van der Waals surface area contributed by atoms with Crippen molar-refractivity contribution in [2.45, 2.75) is 247 Å². The monoisotopic (exact) mass is 1990 g/mol. The second-order valence-electron chi connectivity index (χ2n) is 38.2. The van der Waals surface area contributed by atoms with E-state index in [-0.39, 0.29) is 11.2 Å². The van der Waals surface area contributed by atoms with Gasteiger partial charge in [0, 0.05) is 83.4 Å². The molecule has 6 heterocycles. The molecule has 6 aromatic heterocycles. The van der Waals surface area contributed by atoms with Crippen molar-refractivity contribution in [3.63, 3.8) is 0 Å². The van der Waals surface area contributed by atoms with Crippen molar-refractivity contribution < 1.29 is 32.9 Å². The van der Waals surface area contributed by atoms with Gasteiger partial charge in [-0.05, 0) is 248 Å². The Morgan fingerprint density at radius 3 is 1.09 bits per heavy atom. The van der Waals surface area contributed by atoms with Crippen molar-refractivity contribution >= 4 is 149 Å². The van der Waals surface area contributed by atoms with Crippen LogP contribution in [0.4, 0.5) is 34.5 Å². The number of halogens is 1. The van der Waals surface area contributed by atoms with Crippen LogP contribution in [0.1, 0.15) is 245 Å². The molecule has 0 amide bonds. The minimum absolute atomic E-state index is 0.150. The lowest BCUT2D eigenvalue weighted by molar-refractivity contribution is 0.109. The smallest absolute Gasteiger partial charge is 0.271 e. The van der Waals surface area contributed by atoms with Crippen LogP contribution in [0.25, 0.3) is 65.8 Å². The summed E-state index contributed by atoms with van der Waals surface area (Å²) in [6.07, 6.45) is 36.6. The Hall–Kier alpha value is -8.76. The first kappa shape index (κ1) is 116. The van der Waals surface area contributed by atoms with E-state index in [1.165, 1.54) is 90.6 Å². The molecule has 0 aliphatic carbocycles. The van der Waals surface area contributed by atoms with E-state index < -0.39 is 37.7 Å². The number of alkyl halides is 1. The number of fused-ring (bicyclic) bond motifs is 9. The van der Waals surface area contributed by atoms with E-state index >= 15 is 0 Å². The van der Waals surface area contributed by atoms with Crippen LogP contribution in [0.5, 0.6) is 5.75 Å². The lowest BCUT2D eigenvalue weighted by Gasteiger charge is -2.28. The van der Waals surface area contributed by atoms with Gasteiger partial charge in [0.25, 0.3) is 21.7 Å². The van der Waals surface area contributed by atoms with Gasteiger partial charge in [0.1, 0.15) is 109 Å². The van der Waals surface area contributed by atoms with Gasteiger partial charge < -0.3 is 91.4 Å². The zero-order valence-corrected chi connectivity index (χ0v) is 90.2. The molecule has 11 rings (SSSR count). The Balaban J connectivity index is 0.000000272. The zero-order valence-electron chi connectivity index (χ0n) is 86.8. The summed E-state index contributed by atoms with van der Waals surface area (Å²) in [6.45, 7) is 31.3. The van der Waals surface area contributed by atoms with Gasteiger partial charge in [-0.15, -0.1) is 11.6 Å². The normalized spacial score (nSPS) is 11.9. The Kier molecular flexibility index (Phi) is 50.4. The SMILES string of the molecule is CCCCCCCCCCCCCCCCCNc1c(N(CCCCOn2c(CCCC)nc3c(N)nc4cc(P(C)(C)=O)ccc4c32)CCCN(C)C)c(=O)c1=O.CCCCc1nc2c(N)nc3cc(P(C)(C)=O)ccc3c2n1OCCCCCl.CCCCc1nc2c(N)nc3cc(P(C)(C)=O)ccc3c2n1OCCCCNCCCN(C)C.CCNc1c(OC)c(=O)c1=O.CN(C)CCCN. The van der Waals surface area contributed by atoms with Crippen LogP contribution >= 0.6 is 33.0 Å². The van der Waals surface area contributed by atoms with Gasteiger partial charge in [-0.1, -0.05) is 155 Å². The first-order valence-corrected chi connectivity index (χ1v) is 59.1. The van der Waals surface area contributed by atoms with Crippen molar-refractivity contribution in [2.75, 3.05) is 213 Å². The summed E-state index contributed by atoms with van der Waals surface area (Å²) in [5, 5.41) is 14.6. The number of nitrogens with two attached hydrogens (primary N) is 4. The summed E-state index contributed by atoms with van der Waals surface area (Å²) in [4.78, 5) is 103. The van der Waals surface area contributed by atoms with Gasteiger partial charge in [-0.3, -0.25) is 19.2 Å². The molecular formula is C103H168ClN20O11P3. The quantitative estimate of drug-likeness (QED) is 0.00805. The highest BCUT2D eigenvalue weighted by Gasteiger charge is 2.29. The van der Waals surface area contributed by atoms with Crippen LogP contribution in [0.2, 0.25) is 0 Å². The third-order valence-corrected chi connectivity index (χ3v) is 29.1. The van der Waals surface area contributed by atoms with Gasteiger partial charge in [0.2, 0.25) is 0 Å². The summed E-state index contributed by atoms with van der Waals surface area (Å²) in [7, 11) is 6.49. The van der Waals surface area contributed by atoms with Crippen LogP contribution in [-0.2, 0) is 33.0 Å². The Labute approximate surface area is 825 Å². The molecule has 138 heavy (non-hydrogen) atoms. The summed E-state index contributed by atoms with van der Waals surface area (Å²) in [6, 6.07) is 17.2. The van der Waals surface area contributed by atoms with E-state index in [1.807, 2.05) is 75.7 Å². The van der Waals surface area contributed by atoms with Crippen molar-refractivity contribution in [3.8, 4) is 5.75 Å². The largest absolute Gasteiger partial charge is 0.491 e. The van der Waals surface area contributed by atoms with Crippen molar-refractivity contribution in [3.05, 3.63) is 113 Å². The number of nitrogen functional groups attached to an aromatic ring is 3. The average Bonchev–Trinajstić information content (AvgIpc) is 1.65. The molecule has 0 aliphatic heterocycles. The van der Waals surface area contributed by atoms with E-state index in [9.17, 15) is 32.9 Å². The fourth-order valence-electron chi connectivity index (χ4n) is 16.3. The van der Waals surface area contributed by atoms with E-state index in [0.717, 1.165) is 239 Å². The molecule has 11 aromatic rings. The van der Waals surface area contributed by atoms with E-state index in [4.69, 9.17) is 64.0 Å². The molecule has 31 nitrogen and oxygen atoms in total. The number of benzene rings is 3. The second-order valence-corrected chi connectivity index (χ2v) is 48.2. The van der Waals surface area contributed by atoms with Gasteiger partial charge in [-0.2, -0.15) is 14.2 Å². The third-order valence-electron chi connectivity index (χ3n) is 24.3. The number of methoxy groups -OCH3 is 1. The van der Waals surface area contributed by atoms with Crippen LogP contribution in [-0.4, -0.2) is 239 Å². The predicted octanol–water partition coefficient (Wildman–Crippen LogP) is 16.6. The van der Waals surface area contributed by atoms with Gasteiger partial charge in [-0.25, -0.2) is 29.9 Å². The number of unbranched alkanes of at least 4 members (excludes halogenated alkanes) is 20. The first-order chi connectivity index (χ1) is 66.0. The number of anilines is 6. The van der Waals surface area contributed by atoms with Crippen LogP contribution < -0.4 is 101 Å². The fourth-order valence-corrected chi connectivity index (χ4v) is 19.1. The van der Waals surface area contributed by atoms with Crippen molar-refractivity contribution in [2.24, 2.45) is 5.73 Å². The summed E-state index contributed by atoms with van der Waals surface area (Å²) < 4.78 is 48.1. The highest BCUT2D eigenvalue weighted by Crippen LogP contribution is 2.41. The maximum atomic E-state index is 13.0. The Morgan fingerprint density at radius 2 is 0.732 bits per heavy atom. The van der Waals surface area contributed by atoms with E-state index in [1.54, 1.807) is 40.0 Å². The number of pyridine rings is 3. The molecule has 0 aliphatic rings. The number of rotatable bonds is 61. The third kappa shape index (κ3) is 35.4. The zero-order chi connectivity index (χ0) is 101. The number of imidazole rings is 3. The minimum atomic E-state index is -2.49. The number of nitrogens with zero attached hydrogens (tertiary/aromatic N) is 13. The molecule has 768 valence electrons. The molecule has 0 fully saturated rings. The number of nitrogens with one attached hydrogen (secondary N) is 3. The molecule has 0 radical (unpaired) electrons. The van der Waals surface area contributed by atoms with Crippen molar-refractivity contribution in [1.29, 1.82) is 0 Å². The first-order valence-electron chi connectivity index (χ1n) is 50.8. The Morgan fingerprint density at radius 1 is 0.384 bits per heavy atom. The van der Waals surface area contributed by atoms with E-state index in [0.29, 0.717) is 114 Å². The van der Waals surface area contributed by atoms with Crippen LogP contribution in [0.3, 0.4) is 0 Å². The van der Waals surface area contributed by atoms with Gasteiger partial charge in [0.15, 0.2) is 23.2 Å². The number of aryl methyl sites for hydroxylation is 3. The molecule has 5 aromatic carbocycles. The maximum absolute atomic E-state index is 13.0. The standard InChI is InChI=1S/C46H76N7O4P.C25H41N6O2P.C20H28ClN4O2P.C7H9NO3.C5H14N2/c1-7-9-11-12-13-14-15-16-17-18-19-20-21-22-23-30-48-40-43(45(55)44(40)54)52(33-26-31-51(3)4)32-24-25-34-57-53-39(27-10-8-2)50-41-42(53)37-29-28-36(58(5,6)56)35-38(37)49-46(41)47;1-6-7-11-22-29-23-24(31(22)33-17-9-8-14-27-15-10-16-30(2)3)20-13-12-19(34(4,5)32)18-21(20)28-25(23)26;1-4-5-8-17-24-18-19(25(17)27-12-7-6-11-21)15-10-9-14(28(2,3)26)13-16(15)23-20(18)22;1-3-8-4-5(9)6(10)7(4)11-2;1-7(2)5-3-4-6/h28-29,35,48H,7-27,30-34H2,1-6H3,(H2,47,49);12-13,18,27H,6-11,14-17H2,1-5H3,(H2,26,28);9-10,13H,4-8,11-12H2,1-3H3,(H2,22,23);8H,3H2,1-2H3;3-6H2,1-2H3. The highest BCUT2D eigenvalue weighted by atomic mass is 35.5. The summed E-state index contributed by atoms with van der Waals surface area (Å²) in [5.74, 6) is 4.37. The number of ether oxygens (including phenoxy) is 1. The fraction of sp³-hybridized carbons (Fsp3) is 0.631. The topological polar surface area (TPSA) is 402 Å². The number of hydrogen-bond donors (Lipinski definition) is 7. The minimum Gasteiger partial charge on any atom is -0.491 e. The summed E-state index contributed by atoms with van der Waals surface area (Å²) >= 11 is 5.79. The molecular weight excluding hydrogens is 1820 g/mol. The second kappa shape index (κ2) is 59.9. The lowest BCUT2D eigenvalue weighted by atomic mass is 10.0. The van der Waals surface area contributed by atoms with Crippen LogP contribution in [0.15, 0.2) is 73.8 Å². The molecule has 11 N–H and O–H groups in total. The molecule has 0 saturated carbocycles. The van der Waals surface area contributed by atoms with Gasteiger partial charge in [0.05, 0.1) is 23.7 Å². The summed E-state index contributed by atoms with van der Waals surface area (Å²) in [5.41, 5.74) is 30.3. The predicted molar refractivity (Wildman–Crippen MR) is 585 cm³/mol. The van der Waals surface area contributed by atoms with Gasteiger partial charge >= 0.3 is 0 Å². The van der Waals surface area contributed by atoms with Crippen molar-refractivity contribution in [1.82, 2.24) is 64.1 Å². The molecule has 0 unspecified atom stereocenters. The Bertz CT molecular complexity index is 5840. The molecule has 35 heteroatoms.